The molecule has 1 heterocycles. The van der Waals surface area contributed by atoms with Crippen molar-refractivity contribution >= 4 is 23.2 Å². The highest BCUT2D eigenvalue weighted by Crippen LogP contribution is 2.31. The molecule has 1 fully saturated rings. The molecule has 0 aromatic heterocycles. The van der Waals surface area contributed by atoms with Gasteiger partial charge >= 0.3 is 0 Å². The summed E-state index contributed by atoms with van der Waals surface area (Å²) in [4.78, 5) is 2.62. The van der Waals surface area contributed by atoms with E-state index in [1.807, 2.05) is 12.1 Å². The lowest BCUT2D eigenvalue weighted by Gasteiger charge is -2.50. The molecule has 0 amide bonds. The summed E-state index contributed by atoms with van der Waals surface area (Å²) in [5.41, 5.74) is 1.40. The third kappa shape index (κ3) is 3.73. The van der Waals surface area contributed by atoms with Gasteiger partial charge in [-0.25, -0.2) is 0 Å². The van der Waals surface area contributed by atoms with Gasteiger partial charge in [-0.05, 0) is 37.0 Å². The van der Waals surface area contributed by atoms with Crippen LogP contribution in [0.1, 0.15) is 45.6 Å². The number of piperazine rings is 1. The van der Waals surface area contributed by atoms with E-state index in [2.05, 4.69) is 37.1 Å². The lowest BCUT2D eigenvalue weighted by Crippen LogP contribution is -2.63. The van der Waals surface area contributed by atoms with E-state index in [1.54, 1.807) is 0 Å². The number of halogens is 2. The Morgan fingerprint density at radius 2 is 1.95 bits per heavy atom. The molecule has 4 heteroatoms. The highest BCUT2D eigenvalue weighted by atomic mass is 35.5. The SMILES string of the molecule is CCC1CN(Cc2ccc(Cl)cc2Cl)C(CC)(CC)CN1. The summed E-state index contributed by atoms with van der Waals surface area (Å²) >= 11 is 12.4. The maximum Gasteiger partial charge on any atom is 0.0465 e. The largest absolute Gasteiger partial charge is 0.311 e. The molecule has 21 heavy (non-hydrogen) atoms. The Bertz CT molecular complexity index is 472. The molecule has 1 aromatic rings. The van der Waals surface area contributed by atoms with Crippen molar-refractivity contribution in [3.8, 4) is 0 Å². The fourth-order valence-corrected chi connectivity index (χ4v) is 3.75. The van der Waals surface area contributed by atoms with Gasteiger partial charge in [0.2, 0.25) is 0 Å². The Labute approximate surface area is 138 Å². The first-order chi connectivity index (χ1) is 10.0. The molecule has 1 atom stereocenters. The summed E-state index contributed by atoms with van der Waals surface area (Å²) in [6.45, 7) is 9.86. The molecule has 1 N–H and O–H groups in total. The standard InChI is InChI=1S/C17H26Cl2N2/c1-4-15-11-21(17(5-2,6-3)12-20-15)10-13-7-8-14(18)9-16(13)19/h7-9,15,20H,4-6,10-12H2,1-3H3. The molecule has 0 aliphatic carbocycles. The summed E-state index contributed by atoms with van der Waals surface area (Å²) < 4.78 is 0. The van der Waals surface area contributed by atoms with Crippen molar-refractivity contribution < 1.29 is 0 Å². The highest BCUT2D eigenvalue weighted by Gasteiger charge is 2.38. The Balaban J connectivity index is 2.23. The highest BCUT2D eigenvalue weighted by molar-refractivity contribution is 6.35. The number of rotatable bonds is 5. The first-order valence-electron chi connectivity index (χ1n) is 7.97. The second kappa shape index (κ2) is 7.32. The smallest absolute Gasteiger partial charge is 0.0465 e. The molecule has 0 bridgehead atoms. The second-order valence-electron chi connectivity index (χ2n) is 6.03. The van der Waals surface area contributed by atoms with Crippen molar-refractivity contribution in [2.24, 2.45) is 0 Å². The van der Waals surface area contributed by atoms with Gasteiger partial charge in [0, 0.05) is 41.3 Å². The number of hydrogen-bond acceptors (Lipinski definition) is 2. The average molecular weight is 329 g/mol. The number of hydrogen-bond donors (Lipinski definition) is 1. The fraction of sp³-hybridized carbons (Fsp3) is 0.647. The summed E-state index contributed by atoms with van der Waals surface area (Å²) in [5, 5.41) is 5.18. The first-order valence-corrected chi connectivity index (χ1v) is 8.72. The first kappa shape index (κ1) is 17.1. The summed E-state index contributed by atoms with van der Waals surface area (Å²) in [7, 11) is 0. The van der Waals surface area contributed by atoms with Crippen molar-refractivity contribution in [2.45, 2.75) is 58.2 Å². The van der Waals surface area contributed by atoms with Crippen molar-refractivity contribution in [1.29, 1.82) is 0 Å². The minimum absolute atomic E-state index is 0.231. The van der Waals surface area contributed by atoms with E-state index in [0.29, 0.717) is 11.1 Å². The second-order valence-corrected chi connectivity index (χ2v) is 6.88. The van der Waals surface area contributed by atoms with E-state index in [1.165, 1.54) is 5.56 Å². The van der Waals surface area contributed by atoms with Crippen molar-refractivity contribution in [3.05, 3.63) is 33.8 Å². The Morgan fingerprint density at radius 3 is 2.52 bits per heavy atom. The van der Waals surface area contributed by atoms with Gasteiger partial charge in [0.15, 0.2) is 0 Å². The van der Waals surface area contributed by atoms with Gasteiger partial charge in [-0.3, -0.25) is 4.90 Å². The summed E-state index contributed by atoms with van der Waals surface area (Å²) in [6.07, 6.45) is 3.46. The molecule has 1 aliphatic rings. The van der Waals surface area contributed by atoms with Gasteiger partial charge in [0.05, 0.1) is 0 Å². The zero-order valence-corrected chi connectivity index (χ0v) is 14.8. The molecule has 1 aromatic carbocycles. The van der Waals surface area contributed by atoms with Crippen LogP contribution in [0.25, 0.3) is 0 Å². The lowest BCUT2D eigenvalue weighted by molar-refractivity contribution is 0.0238. The van der Waals surface area contributed by atoms with Crippen LogP contribution >= 0.6 is 23.2 Å². The van der Waals surface area contributed by atoms with Crippen LogP contribution in [0.2, 0.25) is 10.0 Å². The van der Waals surface area contributed by atoms with Gasteiger partial charge in [-0.1, -0.05) is 50.0 Å². The lowest BCUT2D eigenvalue weighted by atomic mass is 9.86. The van der Waals surface area contributed by atoms with E-state index in [0.717, 1.165) is 43.9 Å². The summed E-state index contributed by atoms with van der Waals surface area (Å²) in [6, 6.07) is 6.41. The van der Waals surface area contributed by atoms with Gasteiger partial charge in [0.25, 0.3) is 0 Å². The molecule has 0 saturated carbocycles. The van der Waals surface area contributed by atoms with Crippen molar-refractivity contribution in [1.82, 2.24) is 10.2 Å². The topological polar surface area (TPSA) is 15.3 Å². The fourth-order valence-electron chi connectivity index (χ4n) is 3.28. The quantitative estimate of drug-likeness (QED) is 0.840. The van der Waals surface area contributed by atoms with Crippen LogP contribution in [0.15, 0.2) is 18.2 Å². The Morgan fingerprint density at radius 1 is 1.24 bits per heavy atom. The van der Waals surface area contributed by atoms with Crippen LogP contribution in [-0.2, 0) is 6.54 Å². The van der Waals surface area contributed by atoms with Crippen LogP contribution in [0.3, 0.4) is 0 Å². The number of nitrogens with zero attached hydrogens (tertiary/aromatic N) is 1. The van der Waals surface area contributed by atoms with E-state index in [4.69, 9.17) is 23.2 Å². The van der Waals surface area contributed by atoms with Gasteiger partial charge in [-0.2, -0.15) is 0 Å². The molecular weight excluding hydrogens is 303 g/mol. The summed E-state index contributed by atoms with van der Waals surface area (Å²) in [5.74, 6) is 0. The minimum Gasteiger partial charge on any atom is -0.311 e. The average Bonchev–Trinajstić information content (AvgIpc) is 2.50. The molecule has 2 nitrogen and oxygen atoms in total. The maximum atomic E-state index is 6.37. The Hall–Kier alpha value is -0.280. The third-order valence-corrected chi connectivity index (χ3v) is 5.60. The van der Waals surface area contributed by atoms with Crippen LogP contribution in [0.4, 0.5) is 0 Å². The number of benzene rings is 1. The van der Waals surface area contributed by atoms with Gasteiger partial charge in [0.1, 0.15) is 0 Å². The number of nitrogens with one attached hydrogen (secondary N) is 1. The zero-order valence-electron chi connectivity index (χ0n) is 13.3. The molecule has 1 aliphatic heterocycles. The van der Waals surface area contributed by atoms with Crippen LogP contribution in [0.5, 0.6) is 0 Å². The van der Waals surface area contributed by atoms with E-state index in [9.17, 15) is 0 Å². The minimum atomic E-state index is 0.231. The molecule has 118 valence electrons. The van der Waals surface area contributed by atoms with Crippen molar-refractivity contribution in [2.75, 3.05) is 13.1 Å². The van der Waals surface area contributed by atoms with E-state index >= 15 is 0 Å². The van der Waals surface area contributed by atoms with E-state index in [-0.39, 0.29) is 5.54 Å². The normalized spacial score (nSPS) is 22.4. The third-order valence-electron chi connectivity index (χ3n) is 5.02. The van der Waals surface area contributed by atoms with Gasteiger partial charge < -0.3 is 5.32 Å². The monoisotopic (exact) mass is 328 g/mol. The van der Waals surface area contributed by atoms with Crippen LogP contribution in [0, 0.1) is 0 Å². The van der Waals surface area contributed by atoms with Crippen LogP contribution in [-0.4, -0.2) is 29.6 Å². The molecular formula is C17H26Cl2N2. The van der Waals surface area contributed by atoms with E-state index < -0.39 is 0 Å². The van der Waals surface area contributed by atoms with Crippen molar-refractivity contribution in [3.63, 3.8) is 0 Å². The predicted molar refractivity (Wildman–Crippen MR) is 92.3 cm³/mol. The molecule has 0 spiro atoms. The molecule has 2 rings (SSSR count). The maximum absolute atomic E-state index is 6.37. The van der Waals surface area contributed by atoms with Crippen LogP contribution < -0.4 is 5.32 Å². The molecule has 1 saturated heterocycles. The predicted octanol–water partition coefficient (Wildman–Crippen LogP) is 4.74. The van der Waals surface area contributed by atoms with Gasteiger partial charge in [-0.15, -0.1) is 0 Å². The molecule has 0 radical (unpaired) electrons. The molecule has 1 unspecified atom stereocenters. The zero-order chi connectivity index (χ0) is 15.5. The Kier molecular flexibility index (Phi) is 5.96.